The number of carbonyl (C=O) groups excluding carboxylic acids is 1. The van der Waals surface area contributed by atoms with Crippen molar-refractivity contribution in [3.63, 3.8) is 0 Å². The molecular weight excluding hydrogens is 372 g/mol. The molecule has 0 saturated heterocycles. The average Bonchev–Trinajstić information content (AvgIpc) is 3.09. The smallest absolute Gasteiger partial charge is 0.261 e. The Morgan fingerprint density at radius 3 is 2.33 bits per heavy atom. The largest absolute Gasteiger partial charge is 0.361 e. The Kier molecular flexibility index (Phi) is 4.99. The van der Waals surface area contributed by atoms with Crippen molar-refractivity contribution in [2.75, 3.05) is 10.0 Å². The van der Waals surface area contributed by atoms with E-state index in [1.807, 2.05) is 0 Å². The van der Waals surface area contributed by atoms with Crippen molar-refractivity contribution in [1.29, 1.82) is 0 Å². The van der Waals surface area contributed by atoms with E-state index in [1.165, 1.54) is 36.5 Å². The highest BCUT2D eigenvalue weighted by Gasteiger charge is 2.18. The fourth-order valence-electron chi connectivity index (χ4n) is 2.28. The van der Waals surface area contributed by atoms with E-state index in [0.717, 1.165) is 0 Å². The van der Waals surface area contributed by atoms with Crippen LogP contribution in [0.5, 0.6) is 0 Å². The number of nitrogens with one attached hydrogen (secondary N) is 2. The summed E-state index contributed by atoms with van der Waals surface area (Å²) in [5, 5.41) is 8.90. The summed E-state index contributed by atoms with van der Waals surface area (Å²) >= 11 is 0. The minimum atomic E-state index is -3.93. The fourth-order valence-corrected chi connectivity index (χ4v) is 3.36. The molecule has 2 aromatic carbocycles. The van der Waals surface area contributed by atoms with Crippen molar-refractivity contribution in [3.8, 4) is 0 Å². The van der Waals surface area contributed by atoms with Gasteiger partial charge in [-0.3, -0.25) is 9.52 Å². The van der Waals surface area contributed by atoms with Crippen LogP contribution in [0.2, 0.25) is 0 Å². The molecule has 9 nitrogen and oxygen atoms in total. The highest BCUT2D eigenvalue weighted by atomic mass is 32.2. The lowest BCUT2D eigenvalue weighted by molar-refractivity contribution is 0.102. The number of rotatable bonds is 6. The van der Waals surface area contributed by atoms with Crippen LogP contribution in [-0.4, -0.2) is 19.5 Å². The Hall–Kier alpha value is -3.53. The van der Waals surface area contributed by atoms with Gasteiger partial charge in [0.1, 0.15) is 17.0 Å². The van der Waals surface area contributed by atoms with E-state index in [4.69, 9.17) is 4.52 Å². The number of aryl methyl sites for hydroxylation is 1. The third kappa shape index (κ3) is 4.01. The maximum atomic E-state index is 12.6. The van der Waals surface area contributed by atoms with Crippen LogP contribution >= 0.6 is 0 Å². The van der Waals surface area contributed by atoms with Crippen LogP contribution < -0.4 is 10.0 Å². The molecule has 0 bridgehead atoms. The number of para-hydroxylation sites is 2. The molecule has 1 heterocycles. The standard InChI is InChI=1S/C17H14N4O5S/c1-11-14(10-18-26-11)17(22)19-15-4-2-3-5-16(15)21-27(24,25)13-8-6-12(20-23)7-9-13/h2-10,21H,1H3,(H,19,22). The van der Waals surface area contributed by atoms with Crippen LogP contribution in [0.3, 0.4) is 0 Å². The summed E-state index contributed by atoms with van der Waals surface area (Å²) in [6, 6.07) is 11.5. The number of nitrogens with zero attached hydrogens (tertiary/aromatic N) is 2. The van der Waals surface area contributed by atoms with Gasteiger partial charge >= 0.3 is 0 Å². The monoisotopic (exact) mass is 386 g/mol. The van der Waals surface area contributed by atoms with Crippen LogP contribution in [0, 0.1) is 11.8 Å². The van der Waals surface area contributed by atoms with Crippen molar-refractivity contribution in [3.05, 3.63) is 71.0 Å². The second-order valence-corrected chi connectivity index (χ2v) is 7.17. The molecule has 0 spiro atoms. The topological polar surface area (TPSA) is 131 Å². The fraction of sp³-hybridized carbons (Fsp3) is 0.0588. The summed E-state index contributed by atoms with van der Waals surface area (Å²) in [6.45, 7) is 1.59. The first-order valence-corrected chi connectivity index (χ1v) is 9.17. The minimum absolute atomic E-state index is 0.0501. The molecule has 138 valence electrons. The van der Waals surface area contributed by atoms with Gasteiger partial charge in [0.2, 0.25) is 0 Å². The molecule has 0 aliphatic heterocycles. The summed E-state index contributed by atoms with van der Waals surface area (Å²) in [6.07, 6.45) is 1.28. The van der Waals surface area contributed by atoms with Gasteiger partial charge in [0, 0.05) is 0 Å². The molecule has 0 unspecified atom stereocenters. The van der Waals surface area contributed by atoms with Gasteiger partial charge in [-0.1, -0.05) is 17.3 Å². The van der Waals surface area contributed by atoms with E-state index in [1.54, 1.807) is 25.1 Å². The SMILES string of the molecule is Cc1oncc1C(=O)Nc1ccccc1NS(=O)(=O)c1ccc(N=O)cc1. The lowest BCUT2D eigenvalue weighted by Crippen LogP contribution is -2.17. The molecule has 3 aromatic rings. The molecule has 0 radical (unpaired) electrons. The number of hydrogen-bond acceptors (Lipinski definition) is 7. The molecule has 0 aliphatic rings. The van der Waals surface area contributed by atoms with Crippen LogP contribution in [0.1, 0.15) is 16.1 Å². The van der Waals surface area contributed by atoms with E-state index in [-0.39, 0.29) is 27.5 Å². The van der Waals surface area contributed by atoms with Crippen LogP contribution in [-0.2, 0) is 10.0 Å². The number of amides is 1. The minimum Gasteiger partial charge on any atom is -0.361 e. The molecule has 2 N–H and O–H groups in total. The number of carbonyl (C=O) groups is 1. The quantitative estimate of drug-likeness (QED) is 0.624. The van der Waals surface area contributed by atoms with Gasteiger partial charge in [0.25, 0.3) is 15.9 Å². The lowest BCUT2D eigenvalue weighted by Gasteiger charge is -2.13. The maximum absolute atomic E-state index is 12.6. The van der Waals surface area contributed by atoms with Crippen molar-refractivity contribution in [2.24, 2.45) is 5.18 Å². The van der Waals surface area contributed by atoms with E-state index < -0.39 is 15.9 Å². The number of anilines is 2. The maximum Gasteiger partial charge on any atom is 0.261 e. The van der Waals surface area contributed by atoms with Crippen molar-refractivity contribution in [2.45, 2.75) is 11.8 Å². The molecule has 0 fully saturated rings. The molecule has 0 saturated carbocycles. The molecule has 27 heavy (non-hydrogen) atoms. The summed E-state index contributed by atoms with van der Waals surface area (Å²) in [5.74, 6) is -0.142. The summed E-state index contributed by atoms with van der Waals surface area (Å²) < 4.78 is 32.4. The molecule has 1 amide bonds. The second-order valence-electron chi connectivity index (χ2n) is 5.49. The van der Waals surface area contributed by atoms with Gasteiger partial charge in [-0.2, -0.15) is 0 Å². The van der Waals surface area contributed by atoms with Gasteiger partial charge in [0.05, 0.1) is 22.5 Å². The lowest BCUT2D eigenvalue weighted by atomic mass is 10.2. The Labute approximate surface area is 154 Å². The van der Waals surface area contributed by atoms with Crippen molar-refractivity contribution >= 4 is 33.0 Å². The third-order valence-electron chi connectivity index (χ3n) is 3.67. The summed E-state index contributed by atoms with van der Waals surface area (Å²) in [5.41, 5.74) is 0.797. The van der Waals surface area contributed by atoms with Gasteiger partial charge in [0.15, 0.2) is 0 Å². The second kappa shape index (κ2) is 7.38. The van der Waals surface area contributed by atoms with Gasteiger partial charge in [-0.15, -0.1) is 4.91 Å². The Morgan fingerprint density at radius 1 is 1.07 bits per heavy atom. The molecule has 3 rings (SSSR count). The van der Waals surface area contributed by atoms with Gasteiger partial charge < -0.3 is 9.84 Å². The van der Waals surface area contributed by atoms with E-state index in [2.05, 4.69) is 20.4 Å². The van der Waals surface area contributed by atoms with E-state index in [9.17, 15) is 18.1 Å². The Bertz CT molecular complexity index is 1090. The van der Waals surface area contributed by atoms with Crippen LogP contribution in [0.25, 0.3) is 0 Å². The molecule has 0 atom stereocenters. The normalized spacial score (nSPS) is 11.0. The van der Waals surface area contributed by atoms with E-state index >= 15 is 0 Å². The summed E-state index contributed by atoms with van der Waals surface area (Å²) in [4.78, 5) is 22.7. The van der Waals surface area contributed by atoms with Crippen LogP contribution in [0.15, 0.2) is 69.3 Å². The highest BCUT2D eigenvalue weighted by Crippen LogP contribution is 2.26. The molecule has 1 aromatic heterocycles. The van der Waals surface area contributed by atoms with Gasteiger partial charge in [-0.05, 0) is 48.5 Å². The number of sulfonamides is 1. The zero-order valence-electron chi connectivity index (χ0n) is 14.0. The Morgan fingerprint density at radius 2 is 1.74 bits per heavy atom. The predicted molar refractivity (Wildman–Crippen MR) is 98.3 cm³/mol. The Balaban J connectivity index is 1.86. The van der Waals surface area contributed by atoms with Gasteiger partial charge in [-0.25, -0.2) is 8.42 Å². The number of aromatic nitrogens is 1. The summed E-state index contributed by atoms with van der Waals surface area (Å²) in [7, 11) is -3.93. The molecule has 10 heteroatoms. The number of hydrogen-bond donors (Lipinski definition) is 2. The number of nitroso groups, excluding NO2 is 1. The van der Waals surface area contributed by atoms with Crippen LogP contribution in [0.4, 0.5) is 17.1 Å². The first-order chi connectivity index (χ1) is 12.9. The van der Waals surface area contributed by atoms with Crippen molar-refractivity contribution in [1.82, 2.24) is 5.16 Å². The zero-order valence-corrected chi connectivity index (χ0v) is 14.9. The predicted octanol–water partition coefficient (Wildman–Crippen LogP) is 3.43. The van der Waals surface area contributed by atoms with E-state index in [0.29, 0.717) is 5.76 Å². The highest BCUT2D eigenvalue weighted by molar-refractivity contribution is 7.92. The first-order valence-electron chi connectivity index (χ1n) is 7.68. The zero-order chi connectivity index (χ0) is 19.4. The molecular formula is C17H14N4O5S. The number of benzene rings is 2. The first kappa shape index (κ1) is 18.3. The average molecular weight is 386 g/mol. The third-order valence-corrected chi connectivity index (χ3v) is 5.05. The molecule has 0 aliphatic carbocycles. The van der Waals surface area contributed by atoms with Crippen molar-refractivity contribution < 1.29 is 17.7 Å².